The Morgan fingerprint density at radius 2 is 2.15 bits per heavy atom. The first-order valence-corrected chi connectivity index (χ1v) is 9.05. The van der Waals surface area contributed by atoms with Crippen molar-refractivity contribution in [3.63, 3.8) is 0 Å². The van der Waals surface area contributed by atoms with Crippen LogP contribution in [0, 0.1) is 0 Å². The molecule has 0 radical (unpaired) electrons. The molecule has 3 aromatic rings. The molecule has 26 heavy (non-hydrogen) atoms. The standard InChI is InChI=1S/C19H19N3O3S/c1-3-22(13-17-20-19(21-25-17)16-9-6-12-26-16)18(23)11-10-14-7-4-5-8-15(14)24-2/h4-12H,3,13H2,1-2H3/b11-10+. The van der Waals surface area contributed by atoms with E-state index in [1.807, 2.05) is 48.7 Å². The summed E-state index contributed by atoms with van der Waals surface area (Å²) in [6.45, 7) is 2.71. The fourth-order valence-electron chi connectivity index (χ4n) is 2.40. The molecule has 1 aromatic carbocycles. The van der Waals surface area contributed by atoms with Crippen molar-refractivity contribution in [1.29, 1.82) is 0 Å². The van der Waals surface area contributed by atoms with Crippen LogP contribution in [0.25, 0.3) is 16.8 Å². The first-order chi connectivity index (χ1) is 12.7. The monoisotopic (exact) mass is 369 g/mol. The number of carbonyl (C=O) groups is 1. The number of para-hydroxylation sites is 1. The minimum atomic E-state index is -0.130. The summed E-state index contributed by atoms with van der Waals surface area (Å²) in [7, 11) is 1.60. The van der Waals surface area contributed by atoms with Gasteiger partial charge in [-0.15, -0.1) is 11.3 Å². The van der Waals surface area contributed by atoms with Gasteiger partial charge in [-0.25, -0.2) is 0 Å². The molecule has 2 heterocycles. The summed E-state index contributed by atoms with van der Waals surface area (Å²) >= 11 is 1.54. The fourth-order valence-corrected chi connectivity index (χ4v) is 3.05. The highest BCUT2D eigenvalue weighted by Crippen LogP contribution is 2.22. The summed E-state index contributed by atoms with van der Waals surface area (Å²) in [5, 5.41) is 5.93. The topological polar surface area (TPSA) is 68.5 Å². The van der Waals surface area contributed by atoms with Crippen LogP contribution in [0.15, 0.2) is 52.4 Å². The lowest BCUT2D eigenvalue weighted by molar-refractivity contribution is -0.126. The Morgan fingerprint density at radius 3 is 2.88 bits per heavy atom. The maximum atomic E-state index is 12.5. The number of nitrogens with zero attached hydrogens (tertiary/aromatic N) is 3. The lowest BCUT2D eigenvalue weighted by Gasteiger charge is -2.16. The Morgan fingerprint density at radius 1 is 1.31 bits per heavy atom. The number of rotatable bonds is 7. The van der Waals surface area contributed by atoms with Crippen molar-refractivity contribution in [2.24, 2.45) is 0 Å². The Bertz CT molecular complexity index is 887. The van der Waals surface area contributed by atoms with Crippen molar-refractivity contribution in [3.05, 3.63) is 59.3 Å². The average Bonchev–Trinajstić information content (AvgIpc) is 3.35. The zero-order valence-corrected chi connectivity index (χ0v) is 15.4. The summed E-state index contributed by atoms with van der Waals surface area (Å²) in [4.78, 5) is 19.4. The number of amides is 1. The van der Waals surface area contributed by atoms with Gasteiger partial charge in [0.25, 0.3) is 0 Å². The number of hydrogen-bond donors (Lipinski definition) is 0. The highest BCUT2D eigenvalue weighted by atomic mass is 32.1. The molecule has 0 spiro atoms. The van der Waals surface area contributed by atoms with Gasteiger partial charge in [0.2, 0.25) is 17.6 Å². The van der Waals surface area contributed by atoms with Gasteiger partial charge >= 0.3 is 0 Å². The zero-order chi connectivity index (χ0) is 18.4. The molecule has 0 N–H and O–H groups in total. The normalized spacial score (nSPS) is 11.0. The van der Waals surface area contributed by atoms with Gasteiger partial charge in [-0.05, 0) is 30.5 Å². The quantitative estimate of drug-likeness (QED) is 0.592. The van der Waals surface area contributed by atoms with E-state index in [-0.39, 0.29) is 12.5 Å². The number of likely N-dealkylation sites (N-methyl/N-ethyl adjacent to an activating group) is 1. The minimum Gasteiger partial charge on any atom is -0.496 e. The number of ether oxygens (including phenoxy) is 1. The average molecular weight is 369 g/mol. The third kappa shape index (κ3) is 4.18. The van der Waals surface area contributed by atoms with E-state index in [0.717, 1.165) is 16.2 Å². The molecule has 0 unspecified atom stereocenters. The number of hydrogen-bond acceptors (Lipinski definition) is 6. The number of aromatic nitrogens is 2. The Balaban J connectivity index is 1.68. The molecule has 6 nitrogen and oxygen atoms in total. The van der Waals surface area contributed by atoms with Gasteiger partial charge in [-0.3, -0.25) is 4.79 Å². The molecule has 0 aliphatic heterocycles. The predicted molar refractivity (Wildman–Crippen MR) is 101 cm³/mol. The lowest BCUT2D eigenvalue weighted by Crippen LogP contribution is -2.28. The van der Waals surface area contributed by atoms with E-state index in [2.05, 4.69) is 10.1 Å². The summed E-state index contributed by atoms with van der Waals surface area (Å²) in [5.74, 6) is 1.55. The van der Waals surface area contributed by atoms with Crippen LogP contribution in [-0.2, 0) is 11.3 Å². The summed E-state index contributed by atoms with van der Waals surface area (Å²) < 4.78 is 10.6. The van der Waals surface area contributed by atoms with Crippen LogP contribution in [-0.4, -0.2) is 34.6 Å². The third-order valence-electron chi connectivity index (χ3n) is 3.77. The van der Waals surface area contributed by atoms with Crippen LogP contribution in [0.5, 0.6) is 5.75 Å². The van der Waals surface area contributed by atoms with Crippen molar-refractivity contribution in [1.82, 2.24) is 15.0 Å². The molecule has 0 saturated heterocycles. The molecular formula is C19H19N3O3S. The van der Waals surface area contributed by atoms with Crippen LogP contribution >= 0.6 is 11.3 Å². The first-order valence-electron chi connectivity index (χ1n) is 8.17. The lowest BCUT2D eigenvalue weighted by atomic mass is 10.2. The van der Waals surface area contributed by atoms with E-state index in [9.17, 15) is 4.79 Å². The van der Waals surface area contributed by atoms with Crippen LogP contribution in [0.4, 0.5) is 0 Å². The van der Waals surface area contributed by atoms with Crippen LogP contribution in [0.1, 0.15) is 18.4 Å². The molecule has 134 valence electrons. The molecule has 7 heteroatoms. The summed E-state index contributed by atoms with van der Waals surface area (Å²) in [5.41, 5.74) is 0.845. The zero-order valence-electron chi connectivity index (χ0n) is 14.6. The van der Waals surface area contributed by atoms with E-state index in [1.54, 1.807) is 29.4 Å². The molecule has 0 bridgehead atoms. The maximum Gasteiger partial charge on any atom is 0.247 e. The number of carbonyl (C=O) groups excluding carboxylic acids is 1. The van der Waals surface area contributed by atoms with Crippen molar-refractivity contribution in [3.8, 4) is 16.5 Å². The van der Waals surface area contributed by atoms with Gasteiger partial charge < -0.3 is 14.2 Å². The van der Waals surface area contributed by atoms with Gasteiger partial charge in [-0.1, -0.05) is 29.4 Å². The van der Waals surface area contributed by atoms with Crippen molar-refractivity contribution < 1.29 is 14.1 Å². The summed E-state index contributed by atoms with van der Waals surface area (Å²) in [6.07, 6.45) is 3.27. The van der Waals surface area contributed by atoms with Gasteiger partial charge in [0.15, 0.2) is 0 Å². The minimum absolute atomic E-state index is 0.130. The summed E-state index contributed by atoms with van der Waals surface area (Å²) in [6, 6.07) is 11.4. The molecule has 0 saturated carbocycles. The van der Waals surface area contributed by atoms with Gasteiger partial charge in [0, 0.05) is 18.2 Å². The molecule has 0 aliphatic carbocycles. The number of thiophene rings is 1. The third-order valence-corrected chi connectivity index (χ3v) is 4.64. The van der Waals surface area contributed by atoms with Crippen molar-refractivity contribution >= 4 is 23.3 Å². The van der Waals surface area contributed by atoms with Crippen LogP contribution in [0.2, 0.25) is 0 Å². The number of benzene rings is 1. The van der Waals surface area contributed by atoms with Crippen LogP contribution < -0.4 is 4.74 Å². The second-order valence-corrected chi connectivity index (χ2v) is 6.36. The molecule has 0 aliphatic rings. The van der Waals surface area contributed by atoms with Gasteiger partial charge in [0.1, 0.15) is 12.3 Å². The largest absolute Gasteiger partial charge is 0.496 e. The molecule has 1 amide bonds. The second kappa shape index (κ2) is 8.44. The highest BCUT2D eigenvalue weighted by molar-refractivity contribution is 7.13. The van der Waals surface area contributed by atoms with E-state index in [0.29, 0.717) is 18.3 Å². The molecular weight excluding hydrogens is 350 g/mol. The van der Waals surface area contributed by atoms with Crippen molar-refractivity contribution in [2.45, 2.75) is 13.5 Å². The van der Waals surface area contributed by atoms with E-state index in [4.69, 9.17) is 9.26 Å². The molecule has 0 fully saturated rings. The van der Waals surface area contributed by atoms with E-state index < -0.39 is 0 Å². The molecule has 3 rings (SSSR count). The highest BCUT2D eigenvalue weighted by Gasteiger charge is 2.15. The molecule has 2 aromatic heterocycles. The Hall–Kier alpha value is -2.93. The fraction of sp³-hybridized carbons (Fsp3) is 0.211. The Kier molecular flexibility index (Phi) is 5.80. The molecule has 0 atom stereocenters. The second-order valence-electron chi connectivity index (χ2n) is 5.42. The van der Waals surface area contributed by atoms with Gasteiger partial charge in [0.05, 0.1) is 12.0 Å². The van der Waals surface area contributed by atoms with Crippen LogP contribution in [0.3, 0.4) is 0 Å². The van der Waals surface area contributed by atoms with Crippen molar-refractivity contribution in [2.75, 3.05) is 13.7 Å². The van der Waals surface area contributed by atoms with Gasteiger partial charge in [-0.2, -0.15) is 4.98 Å². The smallest absolute Gasteiger partial charge is 0.247 e. The predicted octanol–water partition coefficient (Wildman–Crippen LogP) is 3.87. The van der Waals surface area contributed by atoms with E-state index >= 15 is 0 Å². The maximum absolute atomic E-state index is 12.5. The first kappa shape index (κ1) is 17.9. The number of methoxy groups -OCH3 is 1. The SMILES string of the molecule is CCN(Cc1nc(-c2cccs2)no1)C(=O)/C=C/c1ccccc1OC. The Labute approximate surface area is 155 Å². The van der Waals surface area contributed by atoms with E-state index in [1.165, 1.54) is 6.08 Å².